The molecule has 1 aliphatic rings. The molecule has 0 atom stereocenters. The molecule has 1 aliphatic carbocycles. The second-order valence-corrected chi connectivity index (χ2v) is 4.59. The van der Waals surface area contributed by atoms with Gasteiger partial charge >= 0.3 is 5.97 Å². The summed E-state index contributed by atoms with van der Waals surface area (Å²) in [4.78, 5) is 12.7. The van der Waals surface area contributed by atoms with Crippen molar-refractivity contribution in [1.29, 1.82) is 0 Å². The van der Waals surface area contributed by atoms with E-state index in [-0.39, 0.29) is 6.54 Å². The highest BCUT2D eigenvalue weighted by atomic mass is 16.4. The van der Waals surface area contributed by atoms with Crippen molar-refractivity contribution in [1.82, 2.24) is 4.90 Å². The van der Waals surface area contributed by atoms with Gasteiger partial charge in [-0.15, -0.1) is 0 Å². The summed E-state index contributed by atoms with van der Waals surface area (Å²) < 4.78 is 0. The lowest BCUT2D eigenvalue weighted by Gasteiger charge is -2.44. The van der Waals surface area contributed by atoms with Gasteiger partial charge in [-0.3, -0.25) is 9.69 Å². The van der Waals surface area contributed by atoms with Crippen molar-refractivity contribution in [3.63, 3.8) is 0 Å². The molecule has 0 radical (unpaired) electrons. The van der Waals surface area contributed by atoms with Gasteiger partial charge in [-0.25, -0.2) is 0 Å². The van der Waals surface area contributed by atoms with Gasteiger partial charge in [0.15, 0.2) is 0 Å². The van der Waals surface area contributed by atoms with Crippen molar-refractivity contribution in [3.05, 3.63) is 0 Å². The van der Waals surface area contributed by atoms with Crippen LogP contribution in [0.25, 0.3) is 0 Å². The van der Waals surface area contributed by atoms with Gasteiger partial charge in [0.05, 0.1) is 6.54 Å². The van der Waals surface area contributed by atoms with Crippen molar-refractivity contribution >= 4 is 5.97 Å². The van der Waals surface area contributed by atoms with Gasteiger partial charge in [-0.05, 0) is 31.2 Å². The number of rotatable bonds is 5. The maximum absolute atomic E-state index is 10.6. The first-order valence-corrected chi connectivity index (χ1v) is 5.50. The summed E-state index contributed by atoms with van der Waals surface area (Å²) in [5, 5.41) is 8.72. The van der Waals surface area contributed by atoms with Crippen LogP contribution < -0.4 is 0 Å². The van der Waals surface area contributed by atoms with E-state index in [9.17, 15) is 4.79 Å². The Kier molecular flexibility index (Phi) is 3.93. The fraction of sp³-hybridized carbons (Fsp3) is 0.909. The normalized spacial score (nSPS) is 26.6. The van der Waals surface area contributed by atoms with Crippen LogP contribution in [0.15, 0.2) is 0 Å². The van der Waals surface area contributed by atoms with Crippen LogP contribution in [0.2, 0.25) is 0 Å². The number of hydrogen-bond acceptors (Lipinski definition) is 2. The molecular weight excluding hydrogens is 178 g/mol. The molecule has 1 fully saturated rings. The van der Waals surface area contributed by atoms with Crippen LogP contribution in [-0.2, 0) is 4.79 Å². The minimum Gasteiger partial charge on any atom is -0.480 e. The summed E-state index contributed by atoms with van der Waals surface area (Å²) in [5.41, 5.74) is 0. The predicted molar refractivity (Wildman–Crippen MR) is 56.2 cm³/mol. The van der Waals surface area contributed by atoms with Crippen molar-refractivity contribution in [2.24, 2.45) is 11.8 Å². The average Bonchev–Trinajstić information content (AvgIpc) is 1.98. The van der Waals surface area contributed by atoms with Crippen LogP contribution in [-0.4, -0.2) is 35.1 Å². The Hall–Kier alpha value is -0.570. The highest BCUT2D eigenvalue weighted by Gasteiger charge is 2.34. The minimum absolute atomic E-state index is 0.200. The molecule has 3 nitrogen and oxygen atoms in total. The molecule has 82 valence electrons. The molecule has 0 aliphatic heterocycles. The summed E-state index contributed by atoms with van der Waals surface area (Å²) in [5.74, 6) is 0.845. The summed E-state index contributed by atoms with van der Waals surface area (Å²) in [6.07, 6.45) is 2.36. The molecule has 0 amide bonds. The number of carboxylic acids is 1. The summed E-state index contributed by atoms with van der Waals surface area (Å²) in [6, 6.07) is 0.517. The van der Waals surface area contributed by atoms with Gasteiger partial charge in [0.25, 0.3) is 0 Å². The second kappa shape index (κ2) is 4.78. The molecule has 0 saturated heterocycles. The third kappa shape index (κ3) is 2.71. The zero-order valence-electron chi connectivity index (χ0n) is 9.36. The molecule has 14 heavy (non-hydrogen) atoms. The van der Waals surface area contributed by atoms with Gasteiger partial charge in [0, 0.05) is 6.04 Å². The molecule has 0 aromatic rings. The van der Waals surface area contributed by atoms with E-state index in [1.807, 2.05) is 6.92 Å². The number of hydrogen-bond donors (Lipinski definition) is 1. The van der Waals surface area contributed by atoms with Crippen LogP contribution in [0.3, 0.4) is 0 Å². The number of aliphatic carboxylic acids is 1. The molecule has 1 rings (SSSR count). The van der Waals surface area contributed by atoms with E-state index in [0.29, 0.717) is 6.04 Å². The van der Waals surface area contributed by atoms with Crippen LogP contribution >= 0.6 is 0 Å². The fourth-order valence-corrected chi connectivity index (χ4v) is 2.15. The van der Waals surface area contributed by atoms with E-state index in [0.717, 1.165) is 18.4 Å². The molecule has 0 heterocycles. The van der Waals surface area contributed by atoms with Crippen molar-refractivity contribution in [2.75, 3.05) is 13.1 Å². The van der Waals surface area contributed by atoms with Gasteiger partial charge in [-0.2, -0.15) is 0 Å². The van der Waals surface area contributed by atoms with Crippen molar-refractivity contribution in [2.45, 2.75) is 39.7 Å². The van der Waals surface area contributed by atoms with E-state index in [4.69, 9.17) is 5.11 Å². The highest BCUT2D eigenvalue weighted by Crippen LogP contribution is 2.36. The average molecular weight is 199 g/mol. The van der Waals surface area contributed by atoms with E-state index in [2.05, 4.69) is 18.7 Å². The Morgan fingerprint density at radius 1 is 1.50 bits per heavy atom. The zero-order chi connectivity index (χ0) is 10.7. The first-order chi connectivity index (χ1) is 6.54. The molecule has 0 bridgehead atoms. The molecule has 0 aromatic carbocycles. The first-order valence-electron chi connectivity index (χ1n) is 5.50. The standard InChI is InChI=1S/C11H21NO2/c1-4-12(7-11(13)14)10-5-9(6-10)8(2)3/h8-10H,4-7H2,1-3H3,(H,13,14). The first kappa shape index (κ1) is 11.5. The number of carboxylic acid groups (broad SMARTS) is 1. The highest BCUT2D eigenvalue weighted by molar-refractivity contribution is 5.69. The SMILES string of the molecule is CCN(CC(=O)O)C1CC(C(C)C)C1. The number of likely N-dealkylation sites (N-methyl/N-ethyl adjacent to an activating group) is 1. The monoisotopic (exact) mass is 199 g/mol. The molecule has 1 saturated carbocycles. The topological polar surface area (TPSA) is 40.5 Å². The smallest absolute Gasteiger partial charge is 0.317 e. The molecular formula is C11H21NO2. The minimum atomic E-state index is -0.708. The largest absolute Gasteiger partial charge is 0.480 e. The van der Waals surface area contributed by atoms with E-state index < -0.39 is 5.97 Å². The molecule has 0 unspecified atom stereocenters. The quantitative estimate of drug-likeness (QED) is 0.734. The van der Waals surface area contributed by atoms with Crippen LogP contribution in [0.5, 0.6) is 0 Å². The Labute approximate surface area is 86.1 Å². The molecule has 0 aromatic heterocycles. The van der Waals surface area contributed by atoms with Gasteiger partial charge < -0.3 is 5.11 Å². The second-order valence-electron chi connectivity index (χ2n) is 4.59. The zero-order valence-corrected chi connectivity index (χ0v) is 9.36. The van der Waals surface area contributed by atoms with E-state index in [1.165, 1.54) is 12.8 Å². The molecule has 0 spiro atoms. The summed E-state index contributed by atoms with van der Waals surface area (Å²) >= 11 is 0. The summed E-state index contributed by atoms with van der Waals surface area (Å²) in [6.45, 7) is 7.57. The maximum atomic E-state index is 10.6. The van der Waals surface area contributed by atoms with Gasteiger partial charge in [0.2, 0.25) is 0 Å². The van der Waals surface area contributed by atoms with Crippen LogP contribution in [0.1, 0.15) is 33.6 Å². The third-order valence-electron chi connectivity index (χ3n) is 3.35. The fourth-order valence-electron chi connectivity index (χ4n) is 2.15. The third-order valence-corrected chi connectivity index (χ3v) is 3.35. The number of carbonyl (C=O) groups is 1. The molecule has 1 N–H and O–H groups in total. The van der Waals surface area contributed by atoms with Crippen LogP contribution in [0.4, 0.5) is 0 Å². The Morgan fingerprint density at radius 2 is 2.07 bits per heavy atom. The Morgan fingerprint density at radius 3 is 2.43 bits per heavy atom. The predicted octanol–water partition coefficient (Wildman–Crippen LogP) is 1.83. The lowest BCUT2D eigenvalue weighted by Crippen LogP contribution is -2.47. The lowest BCUT2D eigenvalue weighted by molar-refractivity contribution is -0.139. The Bertz CT molecular complexity index is 197. The van der Waals surface area contributed by atoms with Crippen molar-refractivity contribution < 1.29 is 9.90 Å². The summed E-state index contributed by atoms with van der Waals surface area (Å²) in [7, 11) is 0. The van der Waals surface area contributed by atoms with E-state index >= 15 is 0 Å². The van der Waals surface area contributed by atoms with Crippen LogP contribution in [0, 0.1) is 11.8 Å². The van der Waals surface area contributed by atoms with Crippen molar-refractivity contribution in [3.8, 4) is 0 Å². The lowest BCUT2D eigenvalue weighted by atomic mass is 9.73. The number of nitrogens with zero attached hydrogens (tertiary/aromatic N) is 1. The Balaban J connectivity index is 2.32. The molecule has 3 heteroatoms. The maximum Gasteiger partial charge on any atom is 0.317 e. The van der Waals surface area contributed by atoms with Gasteiger partial charge in [0.1, 0.15) is 0 Å². The van der Waals surface area contributed by atoms with Gasteiger partial charge in [-0.1, -0.05) is 20.8 Å². The van der Waals surface area contributed by atoms with E-state index in [1.54, 1.807) is 0 Å².